The van der Waals surface area contributed by atoms with Gasteiger partial charge >= 0.3 is 0 Å². The van der Waals surface area contributed by atoms with Gasteiger partial charge in [-0.1, -0.05) is 24.3 Å². The molecule has 0 amide bonds. The van der Waals surface area contributed by atoms with E-state index in [1.54, 1.807) is 24.3 Å². The van der Waals surface area contributed by atoms with Gasteiger partial charge in [0.2, 0.25) is 12.0 Å². The zero-order chi connectivity index (χ0) is 11.3. The zero-order valence-electron chi connectivity index (χ0n) is 8.34. The molecule has 1 aromatic carbocycles. The molecule has 0 saturated carbocycles. The highest BCUT2D eigenvalue weighted by atomic mass is 19.3. The fourth-order valence-electron chi connectivity index (χ4n) is 1.32. The van der Waals surface area contributed by atoms with Crippen molar-refractivity contribution in [3.8, 4) is 0 Å². The fraction of sp³-hybridized carbons (Fsp3) is 0.364. The second kappa shape index (κ2) is 4.80. The molecule has 0 aromatic heterocycles. The summed E-state index contributed by atoms with van der Waals surface area (Å²) in [5.74, 6) is -2.72. The van der Waals surface area contributed by atoms with E-state index >= 15 is 0 Å². The predicted molar refractivity (Wildman–Crippen MR) is 52.6 cm³/mol. The van der Waals surface area contributed by atoms with Crippen LogP contribution in [0.2, 0.25) is 0 Å². The van der Waals surface area contributed by atoms with Crippen molar-refractivity contribution in [1.82, 2.24) is 0 Å². The molecule has 0 heterocycles. The van der Waals surface area contributed by atoms with Gasteiger partial charge < -0.3 is 0 Å². The minimum absolute atomic E-state index is 0.187. The Morgan fingerprint density at radius 2 is 2.07 bits per heavy atom. The summed E-state index contributed by atoms with van der Waals surface area (Å²) in [4.78, 5) is 13.3. The molecule has 0 atom stereocenters. The van der Waals surface area contributed by atoms with Crippen molar-refractivity contribution < 1.29 is 13.6 Å². The van der Waals surface area contributed by atoms with Crippen molar-refractivity contribution in [3.63, 3.8) is 0 Å². The lowest BCUT2D eigenvalue weighted by molar-refractivity contribution is 0.0226. The molecule has 0 aliphatic carbocycles. The van der Waals surface area contributed by atoms with Crippen LogP contribution in [0, 0.1) is 0 Å². The van der Waals surface area contributed by atoms with Gasteiger partial charge in [-0.3, -0.25) is 0 Å². The summed E-state index contributed by atoms with van der Waals surface area (Å²) in [6, 6.07) is 6.67. The van der Waals surface area contributed by atoms with Crippen molar-refractivity contribution in [2.24, 2.45) is 4.99 Å². The number of nitrogens with zero attached hydrogens (tertiary/aromatic N) is 1. The minimum Gasteiger partial charge on any atom is -0.211 e. The maximum atomic E-state index is 12.7. The van der Waals surface area contributed by atoms with Gasteiger partial charge in [0.15, 0.2) is 0 Å². The Morgan fingerprint density at radius 1 is 1.40 bits per heavy atom. The Balaban J connectivity index is 2.78. The summed E-state index contributed by atoms with van der Waals surface area (Å²) in [7, 11) is 0. The van der Waals surface area contributed by atoms with Gasteiger partial charge in [0.1, 0.15) is 0 Å². The van der Waals surface area contributed by atoms with Crippen molar-refractivity contribution >= 4 is 6.08 Å². The molecule has 1 rings (SSSR count). The monoisotopic (exact) mass is 211 g/mol. The van der Waals surface area contributed by atoms with Crippen LogP contribution in [0.15, 0.2) is 29.3 Å². The minimum atomic E-state index is -2.72. The first-order chi connectivity index (χ1) is 7.01. The van der Waals surface area contributed by atoms with E-state index in [1.165, 1.54) is 6.08 Å². The molecule has 0 unspecified atom stereocenters. The fourth-order valence-corrected chi connectivity index (χ4v) is 1.32. The molecule has 4 heteroatoms. The number of benzene rings is 1. The average molecular weight is 211 g/mol. The van der Waals surface area contributed by atoms with E-state index < -0.39 is 5.92 Å². The van der Waals surface area contributed by atoms with Gasteiger partial charge in [-0.15, -0.1) is 0 Å². The highest BCUT2D eigenvalue weighted by molar-refractivity contribution is 5.34. The van der Waals surface area contributed by atoms with Crippen LogP contribution in [0.4, 0.5) is 8.78 Å². The molecule has 2 nitrogen and oxygen atoms in total. The molecule has 0 aliphatic heterocycles. The first kappa shape index (κ1) is 11.5. The number of rotatable bonds is 4. The number of hydrogen-bond acceptors (Lipinski definition) is 2. The van der Waals surface area contributed by atoms with Gasteiger partial charge in [0.05, 0.1) is 6.54 Å². The second-order valence-electron chi connectivity index (χ2n) is 3.47. The molecule has 0 saturated heterocycles. The van der Waals surface area contributed by atoms with Crippen LogP contribution < -0.4 is 0 Å². The Hall–Kier alpha value is -1.54. The van der Waals surface area contributed by atoms with Gasteiger partial charge in [-0.25, -0.2) is 18.6 Å². The van der Waals surface area contributed by atoms with E-state index in [-0.39, 0.29) is 13.0 Å². The largest absolute Gasteiger partial charge is 0.249 e. The molecule has 80 valence electrons. The summed E-state index contributed by atoms with van der Waals surface area (Å²) in [6.07, 6.45) is 1.11. The Labute approximate surface area is 86.6 Å². The molecule has 0 radical (unpaired) electrons. The van der Waals surface area contributed by atoms with Crippen molar-refractivity contribution in [3.05, 3.63) is 35.4 Å². The predicted octanol–water partition coefficient (Wildman–Crippen LogP) is 2.72. The van der Waals surface area contributed by atoms with Crippen LogP contribution in [0.1, 0.15) is 18.1 Å². The van der Waals surface area contributed by atoms with E-state index in [9.17, 15) is 13.6 Å². The van der Waals surface area contributed by atoms with Crippen LogP contribution in [0.5, 0.6) is 0 Å². The lowest BCUT2D eigenvalue weighted by Gasteiger charge is -2.10. The molecule has 0 spiro atoms. The number of isocyanates is 1. The number of halogens is 2. The van der Waals surface area contributed by atoms with E-state index in [1.807, 2.05) is 0 Å². The molecular formula is C11H11F2NO. The Kier molecular flexibility index (Phi) is 3.69. The quantitative estimate of drug-likeness (QED) is 0.556. The summed E-state index contributed by atoms with van der Waals surface area (Å²) in [6.45, 7) is 1.07. The highest BCUT2D eigenvalue weighted by Gasteiger charge is 2.21. The molecule has 0 N–H and O–H groups in total. The van der Waals surface area contributed by atoms with Crippen LogP contribution in [0.3, 0.4) is 0 Å². The van der Waals surface area contributed by atoms with E-state index in [2.05, 4.69) is 4.99 Å². The normalized spacial score (nSPS) is 10.9. The summed E-state index contributed by atoms with van der Waals surface area (Å²) in [5.41, 5.74) is 1.28. The third-order valence-corrected chi connectivity index (χ3v) is 1.83. The second-order valence-corrected chi connectivity index (χ2v) is 3.47. The molecule has 0 bridgehead atoms. The van der Waals surface area contributed by atoms with Gasteiger partial charge in [0, 0.05) is 6.42 Å². The molecular weight excluding hydrogens is 200 g/mol. The zero-order valence-corrected chi connectivity index (χ0v) is 8.34. The summed E-state index contributed by atoms with van der Waals surface area (Å²) in [5, 5.41) is 0. The smallest absolute Gasteiger partial charge is 0.211 e. The topological polar surface area (TPSA) is 29.4 Å². The molecule has 1 aromatic rings. The van der Waals surface area contributed by atoms with Gasteiger partial charge in [-0.05, 0) is 18.1 Å². The first-order valence-corrected chi connectivity index (χ1v) is 4.50. The SMILES string of the molecule is CC(F)(F)Cc1cccc(CN=C=O)c1. The number of alkyl halides is 2. The summed E-state index contributed by atoms with van der Waals surface area (Å²) < 4.78 is 25.4. The van der Waals surface area contributed by atoms with Crippen molar-refractivity contribution in [2.75, 3.05) is 0 Å². The number of hydrogen-bond donors (Lipinski definition) is 0. The molecule has 0 fully saturated rings. The van der Waals surface area contributed by atoms with Crippen LogP contribution in [-0.2, 0) is 17.8 Å². The Bertz CT molecular complexity index is 378. The van der Waals surface area contributed by atoms with Crippen molar-refractivity contribution in [1.29, 1.82) is 0 Å². The van der Waals surface area contributed by atoms with E-state index in [0.717, 1.165) is 12.5 Å². The summed E-state index contributed by atoms with van der Waals surface area (Å²) >= 11 is 0. The highest BCUT2D eigenvalue weighted by Crippen LogP contribution is 2.19. The lowest BCUT2D eigenvalue weighted by Crippen LogP contribution is -2.13. The van der Waals surface area contributed by atoms with E-state index in [4.69, 9.17) is 0 Å². The number of carbonyl (C=O) groups excluding carboxylic acids is 1. The lowest BCUT2D eigenvalue weighted by atomic mass is 10.1. The maximum absolute atomic E-state index is 12.7. The van der Waals surface area contributed by atoms with Crippen molar-refractivity contribution in [2.45, 2.75) is 25.8 Å². The van der Waals surface area contributed by atoms with Gasteiger partial charge in [0.25, 0.3) is 0 Å². The van der Waals surface area contributed by atoms with Gasteiger partial charge in [-0.2, -0.15) is 0 Å². The third kappa shape index (κ3) is 4.47. The third-order valence-electron chi connectivity index (χ3n) is 1.83. The maximum Gasteiger partial charge on any atom is 0.249 e. The average Bonchev–Trinajstić information content (AvgIpc) is 2.12. The Morgan fingerprint density at radius 3 is 2.67 bits per heavy atom. The number of aliphatic imine (C=N–C) groups is 1. The van der Waals surface area contributed by atoms with Crippen LogP contribution in [0.25, 0.3) is 0 Å². The van der Waals surface area contributed by atoms with Crippen LogP contribution >= 0.6 is 0 Å². The standard InChI is InChI=1S/C11H11F2NO/c1-11(12,13)6-9-3-2-4-10(5-9)7-14-8-15/h2-5H,6-7H2,1H3. The first-order valence-electron chi connectivity index (χ1n) is 4.50. The van der Waals surface area contributed by atoms with E-state index in [0.29, 0.717) is 5.56 Å². The molecule has 15 heavy (non-hydrogen) atoms. The van der Waals surface area contributed by atoms with Crippen LogP contribution in [-0.4, -0.2) is 12.0 Å². The molecule has 0 aliphatic rings.